The van der Waals surface area contributed by atoms with Gasteiger partial charge >= 0.3 is 0 Å². The third kappa shape index (κ3) is 3.86. The first kappa shape index (κ1) is 16.3. The Hall–Kier alpha value is -0.540. The van der Waals surface area contributed by atoms with Gasteiger partial charge in [-0.05, 0) is 69.9 Å². The molecule has 3 aliphatic rings. The molecule has 3 nitrogen and oxygen atoms in total. The summed E-state index contributed by atoms with van der Waals surface area (Å²) < 4.78 is 0. The van der Waals surface area contributed by atoms with Crippen molar-refractivity contribution in [2.75, 3.05) is 52.4 Å². The van der Waals surface area contributed by atoms with Crippen LogP contribution in [0.2, 0.25) is 0 Å². The van der Waals surface area contributed by atoms with E-state index in [0.29, 0.717) is 5.41 Å². The van der Waals surface area contributed by atoms with Gasteiger partial charge in [-0.1, -0.05) is 20.4 Å². The zero-order valence-corrected chi connectivity index (χ0v) is 14.8. The van der Waals surface area contributed by atoms with Crippen LogP contribution in [0.25, 0.3) is 0 Å². The van der Waals surface area contributed by atoms with E-state index in [0.717, 1.165) is 11.8 Å². The second kappa shape index (κ2) is 6.92. The highest BCUT2D eigenvalue weighted by molar-refractivity contribution is 5.01. The molecule has 3 saturated heterocycles. The largest absolute Gasteiger partial charge is 0.377 e. The quantitative estimate of drug-likeness (QED) is 0.773. The van der Waals surface area contributed by atoms with Crippen LogP contribution in [0.3, 0.4) is 0 Å². The summed E-state index contributed by atoms with van der Waals surface area (Å²) in [6, 6.07) is 0. The molecule has 1 spiro atoms. The molecule has 0 aromatic carbocycles. The molecule has 3 aliphatic heterocycles. The van der Waals surface area contributed by atoms with Crippen LogP contribution in [0, 0.1) is 17.3 Å². The lowest BCUT2D eigenvalue weighted by molar-refractivity contribution is -0.0239. The van der Waals surface area contributed by atoms with Gasteiger partial charge in [0, 0.05) is 31.6 Å². The monoisotopic (exact) mass is 305 g/mol. The normalized spacial score (nSPS) is 27.3. The zero-order chi connectivity index (χ0) is 15.6. The lowest BCUT2D eigenvalue weighted by atomic mass is 9.72. The number of hydrogen-bond donors (Lipinski definition) is 0. The van der Waals surface area contributed by atoms with Crippen molar-refractivity contribution in [3.63, 3.8) is 0 Å². The summed E-state index contributed by atoms with van der Waals surface area (Å²) in [6.07, 6.45) is 7.66. The molecule has 0 unspecified atom stereocenters. The van der Waals surface area contributed by atoms with E-state index in [2.05, 4.69) is 35.1 Å². The van der Waals surface area contributed by atoms with Crippen molar-refractivity contribution in [2.45, 2.75) is 39.5 Å². The average molecular weight is 306 g/mol. The van der Waals surface area contributed by atoms with Crippen LogP contribution in [0.5, 0.6) is 0 Å². The Labute approximate surface area is 137 Å². The molecule has 0 N–H and O–H groups in total. The fraction of sp³-hybridized carbons (Fsp3) is 0.895. The average Bonchev–Trinajstić information content (AvgIpc) is 2.47. The van der Waals surface area contributed by atoms with Crippen LogP contribution in [-0.4, -0.2) is 67.1 Å². The van der Waals surface area contributed by atoms with Gasteiger partial charge in [-0.2, -0.15) is 0 Å². The van der Waals surface area contributed by atoms with Crippen molar-refractivity contribution < 1.29 is 0 Å². The van der Waals surface area contributed by atoms with Crippen LogP contribution in [0.1, 0.15) is 39.5 Å². The van der Waals surface area contributed by atoms with Gasteiger partial charge in [0.05, 0.1) is 0 Å². The minimum absolute atomic E-state index is 0.644. The molecule has 0 aromatic heterocycles. The molecular formula is C19H35N3. The molecule has 0 radical (unpaired) electrons. The molecule has 0 aliphatic carbocycles. The summed E-state index contributed by atoms with van der Waals surface area (Å²) in [7, 11) is 0. The molecule has 22 heavy (non-hydrogen) atoms. The number of piperidine rings is 2. The Morgan fingerprint density at radius 3 is 2.23 bits per heavy atom. The van der Waals surface area contributed by atoms with Crippen molar-refractivity contribution in [3.8, 4) is 0 Å². The Bertz CT molecular complexity index is 355. The van der Waals surface area contributed by atoms with Crippen molar-refractivity contribution in [1.29, 1.82) is 0 Å². The Morgan fingerprint density at radius 1 is 1.05 bits per heavy atom. The fourth-order valence-electron chi connectivity index (χ4n) is 4.70. The van der Waals surface area contributed by atoms with Gasteiger partial charge in [0.15, 0.2) is 0 Å². The van der Waals surface area contributed by atoms with Crippen molar-refractivity contribution in [2.24, 2.45) is 17.3 Å². The van der Waals surface area contributed by atoms with Crippen LogP contribution < -0.4 is 0 Å². The van der Waals surface area contributed by atoms with Gasteiger partial charge in [-0.25, -0.2) is 0 Å². The van der Waals surface area contributed by atoms with E-state index in [9.17, 15) is 0 Å². The van der Waals surface area contributed by atoms with Crippen molar-refractivity contribution in [1.82, 2.24) is 14.7 Å². The summed E-state index contributed by atoms with van der Waals surface area (Å²) in [6.45, 7) is 19.1. The minimum Gasteiger partial charge on any atom is -0.377 e. The van der Waals surface area contributed by atoms with Gasteiger partial charge in [-0.3, -0.25) is 0 Å². The first-order chi connectivity index (χ1) is 10.6. The highest BCUT2D eigenvalue weighted by atomic mass is 15.2. The molecule has 126 valence electrons. The Morgan fingerprint density at radius 2 is 1.68 bits per heavy atom. The first-order valence-corrected chi connectivity index (χ1v) is 9.40. The third-order valence-electron chi connectivity index (χ3n) is 6.10. The number of hydrogen-bond acceptors (Lipinski definition) is 3. The molecule has 3 fully saturated rings. The van der Waals surface area contributed by atoms with E-state index in [-0.39, 0.29) is 0 Å². The SMILES string of the molecule is C=CN1CC2(CCN(CC3CCN(CC(C)C)CC3)CC2)C1. The summed E-state index contributed by atoms with van der Waals surface area (Å²) in [5.41, 5.74) is 0.644. The second-order valence-corrected chi connectivity index (χ2v) is 8.53. The topological polar surface area (TPSA) is 9.72 Å². The molecule has 3 heterocycles. The number of rotatable bonds is 5. The van der Waals surface area contributed by atoms with Crippen LogP contribution in [-0.2, 0) is 0 Å². The summed E-state index contributed by atoms with van der Waals surface area (Å²) >= 11 is 0. The highest BCUT2D eigenvalue weighted by Crippen LogP contribution is 2.40. The second-order valence-electron chi connectivity index (χ2n) is 8.53. The molecule has 0 saturated carbocycles. The molecule has 3 rings (SSSR count). The van der Waals surface area contributed by atoms with Crippen LogP contribution >= 0.6 is 0 Å². The van der Waals surface area contributed by atoms with Crippen LogP contribution in [0.15, 0.2) is 12.8 Å². The minimum atomic E-state index is 0.644. The van der Waals surface area contributed by atoms with E-state index in [1.54, 1.807) is 0 Å². The Kier molecular flexibility index (Phi) is 5.13. The van der Waals surface area contributed by atoms with Crippen LogP contribution in [0.4, 0.5) is 0 Å². The van der Waals surface area contributed by atoms with E-state index < -0.39 is 0 Å². The smallest absolute Gasteiger partial charge is 0.0247 e. The third-order valence-corrected chi connectivity index (χ3v) is 6.10. The maximum atomic E-state index is 3.89. The number of nitrogens with zero attached hydrogens (tertiary/aromatic N) is 3. The van der Waals surface area contributed by atoms with E-state index in [1.165, 1.54) is 78.0 Å². The van der Waals surface area contributed by atoms with E-state index in [4.69, 9.17) is 0 Å². The molecular weight excluding hydrogens is 270 g/mol. The van der Waals surface area contributed by atoms with Gasteiger partial charge in [0.25, 0.3) is 0 Å². The Balaban J connectivity index is 1.35. The van der Waals surface area contributed by atoms with E-state index in [1.807, 2.05) is 6.20 Å². The summed E-state index contributed by atoms with van der Waals surface area (Å²) in [5, 5.41) is 0. The van der Waals surface area contributed by atoms with Gasteiger partial charge in [0.2, 0.25) is 0 Å². The standard InChI is InChI=1S/C19H35N3/c1-4-20-15-19(16-20)7-11-22(12-8-19)14-18-5-9-21(10-6-18)13-17(2)3/h4,17-18H,1,5-16H2,2-3H3. The molecule has 3 heteroatoms. The van der Waals surface area contributed by atoms with Gasteiger partial charge < -0.3 is 14.7 Å². The summed E-state index contributed by atoms with van der Waals surface area (Å²) in [5.74, 6) is 1.76. The molecule has 0 amide bonds. The summed E-state index contributed by atoms with van der Waals surface area (Å²) in [4.78, 5) is 7.80. The fourth-order valence-corrected chi connectivity index (χ4v) is 4.70. The van der Waals surface area contributed by atoms with Gasteiger partial charge in [0.1, 0.15) is 0 Å². The molecule has 0 aromatic rings. The maximum absolute atomic E-state index is 3.89. The lowest BCUT2D eigenvalue weighted by Crippen LogP contribution is -2.58. The van der Waals surface area contributed by atoms with Gasteiger partial charge in [-0.15, -0.1) is 0 Å². The maximum Gasteiger partial charge on any atom is 0.0247 e. The first-order valence-electron chi connectivity index (χ1n) is 9.40. The molecule has 0 bridgehead atoms. The van der Waals surface area contributed by atoms with Crippen molar-refractivity contribution in [3.05, 3.63) is 12.8 Å². The molecule has 0 atom stereocenters. The number of likely N-dealkylation sites (tertiary alicyclic amines) is 3. The van der Waals surface area contributed by atoms with Crippen molar-refractivity contribution >= 4 is 0 Å². The predicted molar refractivity (Wildman–Crippen MR) is 93.9 cm³/mol. The lowest BCUT2D eigenvalue weighted by Gasteiger charge is -2.54. The zero-order valence-electron chi connectivity index (χ0n) is 14.8. The highest BCUT2D eigenvalue weighted by Gasteiger charge is 2.43. The van der Waals surface area contributed by atoms with E-state index >= 15 is 0 Å². The predicted octanol–water partition coefficient (Wildman–Crippen LogP) is 2.90.